The second-order valence-electron chi connectivity index (χ2n) is 0.431. The Kier molecular flexibility index (Phi) is 15.8. The van der Waals surface area contributed by atoms with Crippen molar-refractivity contribution in [3.8, 4) is 0 Å². The van der Waals surface area contributed by atoms with Gasteiger partial charge < -0.3 is 14.4 Å². The molecule has 0 N–H and O–H groups in total. The number of hydrogen-bond donors (Lipinski definition) is 0. The van der Waals surface area contributed by atoms with Crippen molar-refractivity contribution in [1.82, 2.24) is 0 Å². The Bertz CT molecular complexity index is 61.1. The summed E-state index contributed by atoms with van der Waals surface area (Å²) in [6.07, 6.45) is 0. The van der Waals surface area contributed by atoms with E-state index in [0.717, 1.165) is 0 Å². The molecule has 0 aliphatic rings. The molecule has 0 unspecified atom stereocenters. The van der Waals surface area contributed by atoms with Gasteiger partial charge in [-0.3, -0.25) is 0 Å². The standard InChI is InChI=1S/Cs.FH2O3P.Fe/c;1-5(2,3)4;/h;(H2,2,3,4);/q+1;;+2/p-2. The van der Waals surface area contributed by atoms with Crippen molar-refractivity contribution in [3.63, 3.8) is 0 Å². The Labute approximate surface area is 110 Å². The van der Waals surface area contributed by atoms with Gasteiger partial charge in [-0.05, 0) is 0 Å². The van der Waals surface area contributed by atoms with Gasteiger partial charge in [0.2, 0.25) is 0 Å². The first-order chi connectivity index (χ1) is 2.00. The maximum absolute atomic E-state index is 10.1. The van der Waals surface area contributed by atoms with Crippen molar-refractivity contribution in [1.29, 1.82) is 0 Å². The van der Waals surface area contributed by atoms with Crippen molar-refractivity contribution < 1.29 is 105 Å². The normalized spacial score (nSPS) is 8.43. The van der Waals surface area contributed by atoms with Crippen LogP contribution in [0.15, 0.2) is 0 Å². The van der Waals surface area contributed by atoms with Crippen LogP contribution in [-0.4, -0.2) is 0 Å². The zero-order valence-electron chi connectivity index (χ0n) is 3.40. The first kappa shape index (κ1) is 16.3. The molecule has 0 atom stereocenters. The van der Waals surface area contributed by atoms with E-state index in [4.69, 9.17) is 14.4 Å². The summed E-state index contributed by atoms with van der Waals surface area (Å²) >= 11 is 0. The average Bonchev–Trinajstić information content (AvgIpc) is 0.722. The Morgan fingerprint density at radius 3 is 1.43 bits per heavy atom. The van der Waals surface area contributed by atoms with Crippen LogP contribution in [0.2, 0.25) is 0 Å². The molecular weight excluding hydrogens is 287 g/mol. The van der Waals surface area contributed by atoms with Gasteiger partial charge in [0.15, 0.2) is 0 Å². The molecule has 38 valence electrons. The minimum Gasteiger partial charge on any atom is -0.786 e. The molecule has 0 saturated heterocycles. The van der Waals surface area contributed by atoms with Crippen LogP contribution in [0.3, 0.4) is 0 Å². The maximum atomic E-state index is 10.1. The molecule has 0 heterocycles. The van der Waals surface area contributed by atoms with Crippen molar-refractivity contribution in [2.75, 3.05) is 0 Å². The molecule has 3 nitrogen and oxygen atoms in total. The monoisotopic (exact) mass is 287 g/mol. The van der Waals surface area contributed by atoms with E-state index >= 15 is 0 Å². The molecule has 0 fully saturated rings. The van der Waals surface area contributed by atoms with Crippen LogP contribution < -0.4 is 78.7 Å². The summed E-state index contributed by atoms with van der Waals surface area (Å²) in [6, 6.07) is 0. The molecular formula is CsFFeO3P+. The summed E-state index contributed by atoms with van der Waals surface area (Å²) in [4.78, 5) is 16.9. The summed E-state index contributed by atoms with van der Waals surface area (Å²) in [6.45, 7) is 0. The van der Waals surface area contributed by atoms with Gasteiger partial charge in [-0.25, -0.2) is 4.20 Å². The Morgan fingerprint density at radius 2 is 1.43 bits per heavy atom. The molecule has 0 aromatic rings. The minimum atomic E-state index is -5.64. The van der Waals surface area contributed by atoms with Gasteiger partial charge >= 0.3 is 86.0 Å². The van der Waals surface area contributed by atoms with Gasteiger partial charge in [-0.1, -0.05) is 0 Å². The summed E-state index contributed by atoms with van der Waals surface area (Å²) in [7, 11) is -5.64. The summed E-state index contributed by atoms with van der Waals surface area (Å²) < 4.78 is 18.6. The minimum absolute atomic E-state index is 0. The third-order valence-electron chi connectivity index (χ3n) is 0. The van der Waals surface area contributed by atoms with Crippen LogP contribution in [0.1, 0.15) is 0 Å². The number of halogens is 1. The van der Waals surface area contributed by atoms with E-state index in [1.165, 1.54) is 0 Å². The van der Waals surface area contributed by atoms with Crippen molar-refractivity contribution in [2.24, 2.45) is 0 Å². The van der Waals surface area contributed by atoms with E-state index in [-0.39, 0.29) is 86.0 Å². The predicted molar refractivity (Wildman–Crippen MR) is 8.71 cm³/mol. The molecule has 0 spiro atoms. The Hall–Kier alpha value is 2.65. The maximum Gasteiger partial charge on any atom is 2.00 e. The summed E-state index contributed by atoms with van der Waals surface area (Å²) in [5, 5.41) is 0. The number of hydrogen-bond acceptors (Lipinski definition) is 3. The second-order valence-corrected chi connectivity index (χ2v) is 1.29. The molecule has 0 bridgehead atoms. The van der Waals surface area contributed by atoms with Crippen LogP contribution >= 0.6 is 7.91 Å². The zero-order chi connectivity index (χ0) is 4.50. The Balaban J connectivity index is -0.0000000800. The van der Waals surface area contributed by atoms with Crippen LogP contribution in [-0.2, 0) is 21.6 Å². The third-order valence-corrected chi connectivity index (χ3v) is 0. The van der Waals surface area contributed by atoms with Gasteiger partial charge in [0.05, 0.1) is 0 Å². The molecule has 0 rings (SSSR count). The van der Waals surface area contributed by atoms with Gasteiger partial charge in [0.25, 0.3) is 0 Å². The topological polar surface area (TPSA) is 63.2 Å². The van der Waals surface area contributed by atoms with E-state index in [1.807, 2.05) is 0 Å². The van der Waals surface area contributed by atoms with E-state index in [9.17, 15) is 4.20 Å². The molecule has 0 aromatic heterocycles. The van der Waals surface area contributed by atoms with Crippen molar-refractivity contribution in [3.05, 3.63) is 0 Å². The molecule has 0 aliphatic carbocycles. The fourth-order valence-electron chi connectivity index (χ4n) is 0. The molecule has 7 heteroatoms. The fourth-order valence-corrected chi connectivity index (χ4v) is 0. The van der Waals surface area contributed by atoms with Crippen LogP contribution in [0.5, 0.6) is 0 Å². The quantitative estimate of drug-likeness (QED) is 0.335. The average molecular weight is 287 g/mol. The second kappa shape index (κ2) is 6.77. The summed E-state index contributed by atoms with van der Waals surface area (Å²) in [5.74, 6) is 0. The molecule has 7 heavy (non-hydrogen) atoms. The van der Waals surface area contributed by atoms with Crippen molar-refractivity contribution >= 4 is 7.91 Å². The van der Waals surface area contributed by atoms with E-state index in [2.05, 4.69) is 0 Å². The molecule has 0 radical (unpaired) electrons. The van der Waals surface area contributed by atoms with Gasteiger partial charge in [0, 0.05) is 0 Å². The summed E-state index contributed by atoms with van der Waals surface area (Å²) in [5.41, 5.74) is 0. The van der Waals surface area contributed by atoms with Gasteiger partial charge in [-0.15, -0.1) is 0 Å². The van der Waals surface area contributed by atoms with Gasteiger partial charge in [0.1, 0.15) is 7.91 Å². The first-order valence-corrected chi connectivity index (χ1v) is 2.15. The molecule has 0 aliphatic heterocycles. The Morgan fingerprint density at radius 1 is 1.43 bits per heavy atom. The van der Waals surface area contributed by atoms with Crippen molar-refractivity contribution in [2.45, 2.75) is 0 Å². The van der Waals surface area contributed by atoms with E-state index < -0.39 is 7.91 Å². The molecule has 0 amide bonds. The fraction of sp³-hybridized carbons (Fsp3) is 0. The van der Waals surface area contributed by atoms with Crippen LogP contribution in [0, 0.1) is 0 Å². The van der Waals surface area contributed by atoms with E-state index in [0.29, 0.717) is 0 Å². The predicted octanol–water partition coefficient (Wildman–Crippen LogP) is -4.21. The third kappa shape index (κ3) is 54.4. The van der Waals surface area contributed by atoms with E-state index in [1.54, 1.807) is 0 Å². The smallest absolute Gasteiger partial charge is 0.786 e. The SMILES string of the molecule is O=P([O-])([O-])F.[Cs+].[Fe+2]. The number of rotatable bonds is 0. The van der Waals surface area contributed by atoms with Crippen LogP contribution in [0.25, 0.3) is 0 Å². The van der Waals surface area contributed by atoms with Gasteiger partial charge in [-0.2, -0.15) is 0 Å². The van der Waals surface area contributed by atoms with Crippen LogP contribution in [0.4, 0.5) is 4.20 Å². The zero-order valence-corrected chi connectivity index (χ0v) is 11.7. The largest absolute Gasteiger partial charge is 2.00 e. The molecule has 0 saturated carbocycles. The molecule has 0 aromatic carbocycles. The first-order valence-electron chi connectivity index (χ1n) is 0.717.